The molecule has 0 radical (unpaired) electrons. The van der Waals surface area contributed by atoms with Gasteiger partial charge in [0.15, 0.2) is 0 Å². The molecule has 1 atom stereocenters. The van der Waals surface area contributed by atoms with Crippen LogP contribution in [0.15, 0.2) is 24.3 Å². The van der Waals surface area contributed by atoms with Crippen molar-refractivity contribution >= 4 is 23.2 Å². The summed E-state index contributed by atoms with van der Waals surface area (Å²) < 4.78 is 0. The van der Waals surface area contributed by atoms with Gasteiger partial charge in [-0.25, -0.2) is 0 Å². The Bertz CT molecular complexity index is 404. The van der Waals surface area contributed by atoms with Crippen LogP contribution in [0.1, 0.15) is 13.8 Å². The predicted molar refractivity (Wildman–Crippen MR) is 70.5 cm³/mol. The van der Waals surface area contributed by atoms with Gasteiger partial charge < -0.3 is 9.80 Å². The van der Waals surface area contributed by atoms with Crippen molar-refractivity contribution in [1.82, 2.24) is 4.90 Å². The topological polar surface area (TPSA) is 23.6 Å². The van der Waals surface area contributed by atoms with Crippen LogP contribution in [0.3, 0.4) is 0 Å². The van der Waals surface area contributed by atoms with Crippen LogP contribution in [0.2, 0.25) is 5.02 Å². The van der Waals surface area contributed by atoms with Crippen LogP contribution in [0.5, 0.6) is 0 Å². The average molecular weight is 253 g/mol. The Kier molecular flexibility index (Phi) is 3.57. The lowest BCUT2D eigenvalue weighted by Crippen LogP contribution is -2.53. The number of piperazine rings is 1. The summed E-state index contributed by atoms with van der Waals surface area (Å²) in [6.45, 7) is 6.27. The SMILES string of the molecule is CC(=O)N1CCN(c2ccc(Cl)cc2)CC1C. The van der Waals surface area contributed by atoms with E-state index in [1.54, 1.807) is 6.92 Å². The van der Waals surface area contributed by atoms with E-state index in [9.17, 15) is 4.79 Å². The van der Waals surface area contributed by atoms with Gasteiger partial charge in [0.25, 0.3) is 0 Å². The van der Waals surface area contributed by atoms with Gasteiger partial charge in [-0.1, -0.05) is 11.6 Å². The maximum absolute atomic E-state index is 11.4. The van der Waals surface area contributed by atoms with Crippen LogP contribution in [-0.4, -0.2) is 36.5 Å². The Morgan fingerprint density at radius 1 is 1.29 bits per heavy atom. The molecular weight excluding hydrogens is 236 g/mol. The van der Waals surface area contributed by atoms with Gasteiger partial charge in [0.2, 0.25) is 5.91 Å². The third kappa shape index (κ3) is 2.72. The van der Waals surface area contributed by atoms with Gasteiger partial charge in [0.1, 0.15) is 0 Å². The van der Waals surface area contributed by atoms with E-state index >= 15 is 0 Å². The third-order valence-electron chi connectivity index (χ3n) is 3.22. The van der Waals surface area contributed by atoms with Crippen molar-refractivity contribution in [2.45, 2.75) is 19.9 Å². The quantitative estimate of drug-likeness (QED) is 0.766. The van der Waals surface area contributed by atoms with Crippen molar-refractivity contribution in [3.8, 4) is 0 Å². The number of hydrogen-bond acceptors (Lipinski definition) is 2. The van der Waals surface area contributed by atoms with Gasteiger partial charge in [-0.15, -0.1) is 0 Å². The Hall–Kier alpha value is -1.22. The van der Waals surface area contributed by atoms with Gasteiger partial charge >= 0.3 is 0 Å². The van der Waals surface area contributed by atoms with E-state index in [0.29, 0.717) is 0 Å². The molecule has 17 heavy (non-hydrogen) atoms. The Morgan fingerprint density at radius 3 is 2.47 bits per heavy atom. The summed E-state index contributed by atoms with van der Waals surface area (Å²) in [5.41, 5.74) is 1.17. The summed E-state index contributed by atoms with van der Waals surface area (Å²) in [5.74, 6) is 0.160. The lowest BCUT2D eigenvalue weighted by Gasteiger charge is -2.40. The number of carbonyl (C=O) groups excluding carboxylic acids is 1. The number of carbonyl (C=O) groups is 1. The molecule has 0 aromatic heterocycles. The van der Waals surface area contributed by atoms with Crippen molar-refractivity contribution < 1.29 is 4.79 Å². The molecule has 0 bridgehead atoms. The fourth-order valence-corrected chi connectivity index (χ4v) is 2.44. The minimum absolute atomic E-state index is 0.160. The zero-order valence-electron chi connectivity index (χ0n) is 10.2. The first-order valence-electron chi connectivity index (χ1n) is 5.85. The largest absolute Gasteiger partial charge is 0.368 e. The van der Waals surface area contributed by atoms with E-state index in [1.165, 1.54) is 5.69 Å². The molecule has 1 aliphatic rings. The maximum Gasteiger partial charge on any atom is 0.219 e. The standard InChI is InChI=1S/C13H17ClN2O/c1-10-9-15(7-8-16(10)11(2)17)13-5-3-12(14)4-6-13/h3-6,10H,7-9H2,1-2H3. The lowest BCUT2D eigenvalue weighted by atomic mass is 10.1. The van der Waals surface area contributed by atoms with Crippen LogP contribution in [0, 0.1) is 0 Å². The molecule has 92 valence electrons. The van der Waals surface area contributed by atoms with Gasteiger partial charge in [-0.3, -0.25) is 4.79 Å². The molecule has 0 spiro atoms. The average Bonchev–Trinajstić information content (AvgIpc) is 2.29. The van der Waals surface area contributed by atoms with Crippen molar-refractivity contribution in [3.63, 3.8) is 0 Å². The zero-order valence-corrected chi connectivity index (χ0v) is 10.9. The van der Waals surface area contributed by atoms with Crippen molar-refractivity contribution in [2.75, 3.05) is 24.5 Å². The van der Waals surface area contributed by atoms with E-state index in [-0.39, 0.29) is 11.9 Å². The molecule has 0 aliphatic carbocycles. The number of benzene rings is 1. The van der Waals surface area contributed by atoms with Crippen LogP contribution < -0.4 is 4.90 Å². The van der Waals surface area contributed by atoms with Gasteiger partial charge in [0.05, 0.1) is 0 Å². The Labute approximate surface area is 107 Å². The highest BCUT2D eigenvalue weighted by atomic mass is 35.5. The first-order valence-corrected chi connectivity index (χ1v) is 6.23. The Morgan fingerprint density at radius 2 is 1.94 bits per heavy atom. The second-order valence-corrected chi connectivity index (χ2v) is 4.92. The molecule has 1 unspecified atom stereocenters. The first-order chi connectivity index (χ1) is 8.08. The number of halogens is 1. The van der Waals surface area contributed by atoms with Crippen molar-refractivity contribution in [2.24, 2.45) is 0 Å². The van der Waals surface area contributed by atoms with Crippen LogP contribution in [0.4, 0.5) is 5.69 Å². The second-order valence-electron chi connectivity index (χ2n) is 4.48. The van der Waals surface area contributed by atoms with E-state index in [2.05, 4.69) is 11.8 Å². The molecule has 0 N–H and O–H groups in total. The van der Waals surface area contributed by atoms with Crippen LogP contribution >= 0.6 is 11.6 Å². The van der Waals surface area contributed by atoms with E-state index in [4.69, 9.17) is 11.6 Å². The molecule has 1 aromatic carbocycles. The molecule has 3 nitrogen and oxygen atoms in total. The number of rotatable bonds is 1. The molecule has 1 fully saturated rings. The Balaban J connectivity index is 2.06. The summed E-state index contributed by atoms with van der Waals surface area (Å²) in [5, 5.41) is 0.754. The minimum Gasteiger partial charge on any atom is -0.368 e. The molecule has 1 aliphatic heterocycles. The molecule has 2 rings (SSSR count). The summed E-state index contributed by atoms with van der Waals surface area (Å²) >= 11 is 5.87. The summed E-state index contributed by atoms with van der Waals surface area (Å²) in [4.78, 5) is 15.6. The van der Waals surface area contributed by atoms with E-state index < -0.39 is 0 Å². The lowest BCUT2D eigenvalue weighted by molar-refractivity contribution is -0.131. The highest BCUT2D eigenvalue weighted by Gasteiger charge is 2.25. The van der Waals surface area contributed by atoms with Crippen molar-refractivity contribution in [1.29, 1.82) is 0 Å². The summed E-state index contributed by atoms with van der Waals surface area (Å²) in [7, 11) is 0. The number of anilines is 1. The smallest absolute Gasteiger partial charge is 0.219 e. The zero-order chi connectivity index (χ0) is 12.4. The summed E-state index contributed by atoms with van der Waals surface area (Å²) in [6.07, 6.45) is 0. The second kappa shape index (κ2) is 4.96. The van der Waals surface area contributed by atoms with Gasteiger partial charge in [-0.2, -0.15) is 0 Å². The number of hydrogen-bond donors (Lipinski definition) is 0. The normalized spacial score (nSPS) is 20.5. The predicted octanol–water partition coefficient (Wildman–Crippen LogP) is 2.40. The molecule has 4 heteroatoms. The molecule has 1 heterocycles. The van der Waals surface area contributed by atoms with Crippen LogP contribution in [-0.2, 0) is 4.79 Å². The number of amides is 1. The maximum atomic E-state index is 11.4. The highest BCUT2D eigenvalue weighted by molar-refractivity contribution is 6.30. The van der Waals surface area contributed by atoms with E-state index in [1.807, 2.05) is 29.2 Å². The molecule has 0 saturated carbocycles. The van der Waals surface area contributed by atoms with Crippen LogP contribution in [0.25, 0.3) is 0 Å². The molecule has 1 saturated heterocycles. The first kappa shape index (κ1) is 12.2. The minimum atomic E-state index is 0.160. The fraction of sp³-hybridized carbons (Fsp3) is 0.462. The third-order valence-corrected chi connectivity index (χ3v) is 3.48. The molecule has 1 amide bonds. The monoisotopic (exact) mass is 252 g/mol. The summed E-state index contributed by atoms with van der Waals surface area (Å²) in [6, 6.07) is 8.12. The molecule has 1 aromatic rings. The highest BCUT2D eigenvalue weighted by Crippen LogP contribution is 2.21. The van der Waals surface area contributed by atoms with Gasteiger partial charge in [-0.05, 0) is 31.2 Å². The van der Waals surface area contributed by atoms with E-state index in [0.717, 1.165) is 24.7 Å². The number of nitrogens with zero attached hydrogens (tertiary/aromatic N) is 2. The van der Waals surface area contributed by atoms with Gasteiger partial charge in [0, 0.05) is 43.3 Å². The fourth-order valence-electron chi connectivity index (χ4n) is 2.31. The van der Waals surface area contributed by atoms with Crippen molar-refractivity contribution in [3.05, 3.63) is 29.3 Å². The molecular formula is C13H17ClN2O.